The molecule has 2 aromatic rings. The summed E-state index contributed by atoms with van der Waals surface area (Å²) in [6, 6.07) is 9.09. The first-order valence-electron chi connectivity index (χ1n) is 11.7. The van der Waals surface area contributed by atoms with Gasteiger partial charge in [0, 0.05) is 26.2 Å². The summed E-state index contributed by atoms with van der Waals surface area (Å²) in [6.07, 6.45) is 2.38. The Kier molecular flexibility index (Phi) is 6.66. The summed E-state index contributed by atoms with van der Waals surface area (Å²) in [5, 5.41) is 0. The molecule has 1 amide bonds. The lowest BCUT2D eigenvalue weighted by molar-refractivity contribution is 0.0596. The van der Waals surface area contributed by atoms with Gasteiger partial charge in [0.1, 0.15) is 11.5 Å². The monoisotopic (exact) mass is 486 g/mol. The Morgan fingerprint density at radius 1 is 0.912 bits per heavy atom. The number of ether oxygens (including phenoxy) is 2. The quantitative estimate of drug-likeness (QED) is 0.640. The Morgan fingerprint density at radius 3 is 2.12 bits per heavy atom. The Morgan fingerprint density at radius 2 is 1.53 bits per heavy atom. The average molecular weight is 487 g/mol. The van der Waals surface area contributed by atoms with Crippen LogP contribution in [0.1, 0.15) is 46.3 Å². The molecule has 2 aliphatic rings. The summed E-state index contributed by atoms with van der Waals surface area (Å²) < 4.78 is 39.4. The molecule has 2 fully saturated rings. The number of hydrogen-bond acceptors (Lipinski definition) is 5. The molecule has 0 saturated carbocycles. The number of hydrogen-bond donors (Lipinski definition) is 0. The van der Waals surface area contributed by atoms with E-state index in [0.717, 1.165) is 36.0 Å². The average Bonchev–Trinajstić information content (AvgIpc) is 3.22. The van der Waals surface area contributed by atoms with Crippen LogP contribution < -0.4 is 9.47 Å². The number of piperidine rings is 1. The lowest BCUT2D eigenvalue weighted by Crippen LogP contribution is -2.44. The first-order chi connectivity index (χ1) is 16.1. The molecule has 0 aliphatic carbocycles. The second-order valence-electron chi connectivity index (χ2n) is 9.67. The van der Waals surface area contributed by atoms with Crippen LogP contribution in [0.2, 0.25) is 0 Å². The molecule has 0 radical (unpaired) electrons. The van der Waals surface area contributed by atoms with Gasteiger partial charge in [-0.2, -0.15) is 4.31 Å². The van der Waals surface area contributed by atoms with E-state index in [1.54, 1.807) is 36.7 Å². The van der Waals surface area contributed by atoms with Crippen molar-refractivity contribution in [1.82, 2.24) is 9.21 Å². The van der Waals surface area contributed by atoms with Crippen molar-refractivity contribution in [1.29, 1.82) is 0 Å². The smallest absolute Gasteiger partial charge is 0.257 e. The van der Waals surface area contributed by atoms with E-state index < -0.39 is 10.0 Å². The zero-order valence-electron chi connectivity index (χ0n) is 20.7. The zero-order chi connectivity index (χ0) is 24.7. The van der Waals surface area contributed by atoms with Crippen LogP contribution in [0, 0.1) is 26.2 Å². The molecule has 2 aromatic carbocycles. The highest BCUT2D eigenvalue weighted by Crippen LogP contribution is 2.43. The number of benzene rings is 2. The lowest BCUT2D eigenvalue weighted by Gasteiger charge is -2.39. The Balaban J connectivity index is 1.48. The summed E-state index contributed by atoms with van der Waals surface area (Å²) in [5.74, 6) is 1.04. The number of sulfonamides is 1. The third-order valence-electron chi connectivity index (χ3n) is 7.35. The van der Waals surface area contributed by atoms with E-state index in [1.807, 2.05) is 37.8 Å². The van der Waals surface area contributed by atoms with Crippen molar-refractivity contribution in [2.75, 3.05) is 40.4 Å². The maximum atomic E-state index is 13.5. The van der Waals surface area contributed by atoms with Crippen molar-refractivity contribution >= 4 is 15.9 Å². The minimum absolute atomic E-state index is 0.0843. The van der Waals surface area contributed by atoms with E-state index in [-0.39, 0.29) is 11.3 Å². The van der Waals surface area contributed by atoms with Crippen molar-refractivity contribution < 1.29 is 22.7 Å². The molecule has 4 rings (SSSR count). The van der Waals surface area contributed by atoms with E-state index in [2.05, 4.69) is 0 Å². The van der Waals surface area contributed by atoms with Crippen LogP contribution in [0.3, 0.4) is 0 Å². The lowest BCUT2D eigenvalue weighted by atomic mass is 9.78. The molecule has 8 heteroatoms. The van der Waals surface area contributed by atoms with E-state index in [1.165, 1.54) is 0 Å². The standard InChI is InChI=1S/C26H34N2O5S/c1-18-14-19(2)24(20(3)15-18)34(30,31)28-13-10-26(17-28)8-11-27(12-9-26)25(29)22-16-21(32-4)6-7-23(22)33-5/h6-7,14-16H,8-13,17H2,1-5H3. The fraction of sp³-hybridized carbons (Fsp3) is 0.500. The fourth-order valence-electron chi connectivity index (χ4n) is 5.55. The number of carbonyl (C=O) groups excluding carboxylic acids is 1. The van der Waals surface area contributed by atoms with Gasteiger partial charge >= 0.3 is 0 Å². The minimum atomic E-state index is -3.56. The fourth-order valence-corrected chi connectivity index (χ4v) is 7.51. The highest BCUT2D eigenvalue weighted by atomic mass is 32.2. The Hall–Kier alpha value is -2.58. The normalized spacial score (nSPS) is 18.3. The van der Waals surface area contributed by atoms with Crippen LogP contribution in [0.25, 0.3) is 0 Å². The summed E-state index contributed by atoms with van der Waals surface area (Å²) in [7, 11) is -0.439. The molecule has 0 unspecified atom stereocenters. The van der Waals surface area contributed by atoms with Gasteiger partial charge < -0.3 is 14.4 Å². The maximum Gasteiger partial charge on any atom is 0.257 e. The van der Waals surface area contributed by atoms with Gasteiger partial charge in [0.15, 0.2) is 0 Å². The first-order valence-corrected chi connectivity index (χ1v) is 13.1. The second-order valence-corrected chi connectivity index (χ2v) is 11.5. The van der Waals surface area contributed by atoms with E-state index in [9.17, 15) is 13.2 Å². The molecule has 2 saturated heterocycles. The van der Waals surface area contributed by atoms with Crippen molar-refractivity contribution in [2.45, 2.75) is 44.9 Å². The van der Waals surface area contributed by atoms with Crippen LogP contribution in [0.4, 0.5) is 0 Å². The van der Waals surface area contributed by atoms with Crippen molar-refractivity contribution in [3.8, 4) is 11.5 Å². The number of amides is 1. The highest BCUT2D eigenvalue weighted by molar-refractivity contribution is 7.89. The van der Waals surface area contributed by atoms with Crippen LogP contribution in [0.15, 0.2) is 35.2 Å². The summed E-state index contributed by atoms with van der Waals surface area (Å²) in [6.45, 7) is 7.94. The largest absolute Gasteiger partial charge is 0.497 e. The molecule has 2 aliphatic heterocycles. The van der Waals surface area contributed by atoms with Crippen LogP contribution >= 0.6 is 0 Å². The maximum absolute atomic E-state index is 13.5. The molecule has 0 N–H and O–H groups in total. The van der Waals surface area contributed by atoms with Crippen molar-refractivity contribution in [3.05, 3.63) is 52.6 Å². The van der Waals surface area contributed by atoms with Crippen molar-refractivity contribution in [2.24, 2.45) is 5.41 Å². The molecule has 2 heterocycles. The topological polar surface area (TPSA) is 76.2 Å². The minimum Gasteiger partial charge on any atom is -0.497 e. The molecular weight excluding hydrogens is 452 g/mol. The van der Waals surface area contributed by atoms with E-state index in [4.69, 9.17) is 9.47 Å². The Bertz CT molecular complexity index is 1180. The number of methoxy groups -OCH3 is 2. The van der Waals surface area contributed by atoms with Gasteiger partial charge in [-0.05, 0) is 74.8 Å². The van der Waals surface area contributed by atoms with Gasteiger partial charge in [0.25, 0.3) is 5.91 Å². The van der Waals surface area contributed by atoms with E-state index >= 15 is 0 Å². The van der Waals surface area contributed by atoms with Crippen LogP contribution in [0.5, 0.6) is 11.5 Å². The van der Waals surface area contributed by atoms with Crippen LogP contribution in [-0.4, -0.2) is 63.9 Å². The van der Waals surface area contributed by atoms with E-state index in [0.29, 0.717) is 48.1 Å². The number of nitrogens with zero attached hydrogens (tertiary/aromatic N) is 2. The molecule has 7 nitrogen and oxygen atoms in total. The van der Waals surface area contributed by atoms with Crippen LogP contribution in [-0.2, 0) is 10.0 Å². The highest BCUT2D eigenvalue weighted by Gasteiger charge is 2.45. The summed E-state index contributed by atoms with van der Waals surface area (Å²) >= 11 is 0. The molecule has 0 atom stereocenters. The van der Waals surface area contributed by atoms with Gasteiger partial charge in [-0.15, -0.1) is 0 Å². The molecule has 184 valence electrons. The van der Waals surface area contributed by atoms with Gasteiger partial charge in [-0.1, -0.05) is 17.7 Å². The third-order valence-corrected chi connectivity index (χ3v) is 9.51. The summed E-state index contributed by atoms with van der Waals surface area (Å²) in [4.78, 5) is 15.5. The van der Waals surface area contributed by atoms with Gasteiger partial charge in [-0.25, -0.2) is 8.42 Å². The van der Waals surface area contributed by atoms with Gasteiger partial charge in [0.2, 0.25) is 10.0 Å². The number of likely N-dealkylation sites (tertiary alicyclic amines) is 1. The molecule has 1 spiro atoms. The predicted molar refractivity (Wildman–Crippen MR) is 131 cm³/mol. The molecule has 0 aromatic heterocycles. The second kappa shape index (κ2) is 9.23. The first kappa shape index (κ1) is 24.5. The third kappa shape index (κ3) is 4.41. The number of aryl methyl sites for hydroxylation is 3. The predicted octanol–water partition coefficient (Wildman–Crippen LogP) is 3.95. The van der Waals surface area contributed by atoms with Gasteiger partial charge in [0.05, 0.1) is 24.7 Å². The Labute approximate surface area is 202 Å². The SMILES string of the molecule is COc1ccc(OC)c(C(=O)N2CCC3(CC2)CCN(S(=O)(=O)c2c(C)cc(C)cc2C)C3)c1. The van der Waals surface area contributed by atoms with Crippen molar-refractivity contribution in [3.63, 3.8) is 0 Å². The number of carbonyl (C=O) groups is 1. The van der Waals surface area contributed by atoms with Gasteiger partial charge in [-0.3, -0.25) is 4.79 Å². The number of rotatable bonds is 5. The molecule has 0 bridgehead atoms. The zero-order valence-corrected chi connectivity index (χ0v) is 21.5. The molecular formula is C26H34N2O5S. The molecule has 34 heavy (non-hydrogen) atoms. The summed E-state index contributed by atoms with van der Waals surface area (Å²) in [5.41, 5.74) is 3.06.